The first-order chi connectivity index (χ1) is 37.4. The summed E-state index contributed by atoms with van der Waals surface area (Å²) in [6.45, 7) is 14.3. The van der Waals surface area contributed by atoms with Gasteiger partial charge in [-0.25, -0.2) is 0 Å². The summed E-state index contributed by atoms with van der Waals surface area (Å²) in [5.74, 6) is 0. The zero-order chi connectivity index (χ0) is 52.0. The summed E-state index contributed by atoms with van der Waals surface area (Å²) >= 11 is 0. The second-order valence-electron chi connectivity index (χ2n) is 23.3. The Morgan fingerprint density at radius 2 is 0.649 bits per heavy atom. The Bertz CT molecular complexity index is 4270. The van der Waals surface area contributed by atoms with Crippen LogP contribution in [0.5, 0.6) is 0 Å². The minimum absolute atomic E-state index is 0.114. The second kappa shape index (κ2) is 16.5. The first-order valence-electron chi connectivity index (χ1n) is 27.3. The molecule has 12 aromatic rings. The number of aromatic nitrogens is 1. The maximum Gasteiger partial charge on any atom is 0.0544 e. The number of fused-ring (bicyclic) bond motifs is 12. The Morgan fingerprint density at radius 1 is 0.260 bits per heavy atom. The van der Waals surface area contributed by atoms with Crippen LogP contribution in [0.25, 0.3) is 94.3 Å². The van der Waals surface area contributed by atoms with Gasteiger partial charge in [0.1, 0.15) is 0 Å². The number of nitrogens with zero attached hydrogens (tertiary/aromatic N) is 2. The van der Waals surface area contributed by atoms with Gasteiger partial charge in [-0.05, 0) is 179 Å². The molecule has 77 heavy (non-hydrogen) atoms. The molecular formula is C75H58N2. The minimum Gasteiger partial charge on any atom is -0.310 e. The van der Waals surface area contributed by atoms with Crippen LogP contribution in [0.1, 0.15) is 74.9 Å². The number of benzene rings is 11. The van der Waals surface area contributed by atoms with E-state index in [9.17, 15) is 0 Å². The molecule has 0 aliphatic heterocycles. The van der Waals surface area contributed by atoms with Gasteiger partial charge in [-0.2, -0.15) is 0 Å². The highest BCUT2D eigenvalue weighted by molar-refractivity contribution is 6.14. The molecule has 2 heteroatoms. The summed E-state index contributed by atoms with van der Waals surface area (Å²) in [5, 5.41) is 2.59. The lowest BCUT2D eigenvalue weighted by Crippen LogP contribution is -2.16. The zero-order valence-corrected chi connectivity index (χ0v) is 44.5. The molecule has 3 aliphatic carbocycles. The van der Waals surface area contributed by atoms with Gasteiger partial charge in [0.15, 0.2) is 0 Å². The van der Waals surface area contributed by atoms with Gasteiger partial charge >= 0.3 is 0 Å². The van der Waals surface area contributed by atoms with E-state index in [0.717, 1.165) is 22.7 Å². The number of anilines is 3. The average molecular weight is 987 g/mol. The monoisotopic (exact) mass is 986 g/mol. The molecule has 368 valence electrons. The Labute approximate surface area is 452 Å². The number of hydrogen-bond acceptors (Lipinski definition) is 1. The molecule has 0 fully saturated rings. The van der Waals surface area contributed by atoms with Crippen molar-refractivity contribution < 1.29 is 0 Å². The van der Waals surface area contributed by atoms with E-state index in [2.05, 4.69) is 294 Å². The van der Waals surface area contributed by atoms with Gasteiger partial charge in [0, 0.05) is 49.8 Å². The van der Waals surface area contributed by atoms with Crippen LogP contribution in [-0.2, 0) is 16.2 Å². The summed E-state index contributed by atoms with van der Waals surface area (Å²) in [7, 11) is 0. The van der Waals surface area contributed by atoms with E-state index in [1.54, 1.807) is 0 Å². The summed E-state index contributed by atoms with van der Waals surface area (Å²) < 4.78 is 2.54. The molecule has 0 bridgehead atoms. The standard InChI is InChI=1S/C75H58N2/c1-73(2)65-27-13-10-24-57(65)60-39-38-56(42-68(60)73)76(53-34-30-48(31-35-53)47-18-8-7-9-19-47)55-23-17-22-52(41-55)51-21-16-20-50(40-51)49-32-36-54(37-33-49)77-71-45-69-61(58-25-11-14-28-66(58)74(69,3)4)43-63(71)64-44-62-59-26-12-15-29-67(59)75(5,6)70(62)46-72(64)77/h7-46H,1-6H3. The second-order valence-corrected chi connectivity index (χ2v) is 23.3. The van der Waals surface area contributed by atoms with E-state index in [4.69, 9.17) is 0 Å². The molecule has 2 nitrogen and oxygen atoms in total. The van der Waals surface area contributed by atoms with E-state index in [1.807, 2.05) is 0 Å². The van der Waals surface area contributed by atoms with Crippen molar-refractivity contribution in [2.24, 2.45) is 0 Å². The SMILES string of the molecule is CC1(C)c2ccccc2-c2ccc(N(c3ccc(-c4ccccc4)cc3)c3cccc(-c4cccc(-c5ccc(-n6c7cc8c(cc7c7cc9c(cc76)C(C)(C)c6ccccc6-9)-c6ccccc6C8(C)C)cc5)c4)c3)cc21. The molecule has 0 unspecified atom stereocenters. The van der Waals surface area contributed by atoms with Gasteiger partial charge < -0.3 is 9.47 Å². The maximum atomic E-state index is 2.54. The fourth-order valence-electron chi connectivity index (χ4n) is 13.9. The topological polar surface area (TPSA) is 8.17 Å². The van der Waals surface area contributed by atoms with Gasteiger partial charge in [0.2, 0.25) is 0 Å². The van der Waals surface area contributed by atoms with Crippen molar-refractivity contribution in [2.75, 3.05) is 4.90 Å². The molecule has 0 N–H and O–H groups in total. The van der Waals surface area contributed by atoms with Crippen LogP contribution in [0.3, 0.4) is 0 Å². The van der Waals surface area contributed by atoms with Crippen LogP contribution in [-0.4, -0.2) is 4.57 Å². The smallest absolute Gasteiger partial charge is 0.0544 e. The molecule has 0 radical (unpaired) electrons. The maximum absolute atomic E-state index is 2.54. The van der Waals surface area contributed by atoms with Crippen molar-refractivity contribution >= 4 is 38.9 Å². The van der Waals surface area contributed by atoms with E-state index >= 15 is 0 Å². The molecule has 0 amide bonds. The van der Waals surface area contributed by atoms with Crippen LogP contribution in [0.2, 0.25) is 0 Å². The van der Waals surface area contributed by atoms with E-state index in [1.165, 1.54) is 122 Å². The first-order valence-corrected chi connectivity index (χ1v) is 27.3. The minimum atomic E-state index is -0.121. The predicted octanol–water partition coefficient (Wildman–Crippen LogP) is 20.2. The first kappa shape index (κ1) is 45.4. The van der Waals surface area contributed by atoms with Crippen molar-refractivity contribution in [3.8, 4) is 72.4 Å². The van der Waals surface area contributed by atoms with Crippen LogP contribution >= 0.6 is 0 Å². The fourth-order valence-corrected chi connectivity index (χ4v) is 13.9. The van der Waals surface area contributed by atoms with E-state index < -0.39 is 0 Å². The molecule has 1 aromatic heterocycles. The van der Waals surface area contributed by atoms with Crippen molar-refractivity contribution in [3.05, 3.63) is 276 Å². The molecule has 0 saturated carbocycles. The molecule has 11 aromatic carbocycles. The number of rotatable bonds is 7. The van der Waals surface area contributed by atoms with Crippen molar-refractivity contribution in [3.63, 3.8) is 0 Å². The lowest BCUT2D eigenvalue weighted by Gasteiger charge is -2.28. The highest BCUT2D eigenvalue weighted by Crippen LogP contribution is 2.55. The lowest BCUT2D eigenvalue weighted by atomic mass is 9.82. The summed E-state index contributed by atoms with van der Waals surface area (Å²) in [6.07, 6.45) is 0. The Kier molecular flexibility index (Phi) is 9.74. The summed E-state index contributed by atoms with van der Waals surface area (Å²) in [4.78, 5) is 2.43. The van der Waals surface area contributed by atoms with Crippen molar-refractivity contribution in [2.45, 2.75) is 57.8 Å². The van der Waals surface area contributed by atoms with Crippen LogP contribution in [0.4, 0.5) is 17.1 Å². The quantitative estimate of drug-likeness (QED) is 0.154. The third-order valence-electron chi connectivity index (χ3n) is 18.0. The molecule has 1 heterocycles. The van der Waals surface area contributed by atoms with E-state index in [0.29, 0.717) is 0 Å². The van der Waals surface area contributed by atoms with Crippen LogP contribution < -0.4 is 4.90 Å². The van der Waals surface area contributed by atoms with Crippen molar-refractivity contribution in [1.29, 1.82) is 0 Å². The number of hydrogen-bond donors (Lipinski definition) is 0. The largest absolute Gasteiger partial charge is 0.310 e. The highest BCUT2D eigenvalue weighted by atomic mass is 15.1. The molecule has 0 saturated heterocycles. The lowest BCUT2D eigenvalue weighted by molar-refractivity contribution is 0.660. The molecular weight excluding hydrogens is 929 g/mol. The average Bonchev–Trinajstić information content (AvgIpc) is 4.30. The Balaban J connectivity index is 0.820. The molecule has 3 aliphatic rings. The zero-order valence-electron chi connectivity index (χ0n) is 44.5. The Morgan fingerprint density at radius 3 is 1.22 bits per heavy atom. The third-order valence-corrected chi connectivity index (χ3v) is 18.0. The van der Waals surface area contributed by atoms with Gasteiger partial charge in [-0.1, -0.05) is 205 Å². The van der Waals surface area contributed by atoms with Gasteiger partial charge in [0.05, 0.1) is 11.0 Å². The van der Waals surface area contributed by atoms with Gasteiger partial charge in [0.25, 0.3) is 0 Å². The predicted molar refractivity (Wildman–Crippen MR) is 324 cm³/mol. The van der Waals surface area contributed by atoms with E-state index in [-0.39, 0.29) is 16.2 Å². The fraction of sp³-hybridized carbons (Fsp3) is 0.120. The van der Waals surface area contributed by atoms with Gasteiger partial charge in [-0.3, -0.25) is 0 Å². The molecule has 0 spiro atoms. The normalized spacial score (nSPS) is 14.7. The van der Waals surface area contributed by atoms with Crippen LogP contribution in [0, 0.1) is 0 Å². The Hall–Kier alpha value is -8.98. The summed E-state index contributed by atoms with van der Waals surface area (Å²) in [6, 6.07) is 91.1. The molecule has 0 atom stereocenters. The van der Waals surface area contributed by atoms with Crippen molar-refractivity contribution in [1.82, 2.24) is 4.57 Å². The van der Waals surface area contributed by atoms with Crippen LogP contribution in [0.15, 0.2) is 243 Å². The molecule has 15 rings (SSSR count). The summed E-state index contributed by atoms with van der Waals surface area (Å²) in [5.41, 5.74) is 30.2. The third kappa shape index (κ3) is 6.74. The van der Waals surface area contributed by atoms with Gasteiger partial charge in [-0.15, -0.1) is 0 Å². The highest BCUT2D eigenvalue weighted by Gasteiger charge is 2.39.